The van der Waals surface area contributed by atoms with E-state index in [4.69, 9.17) is 0 Å². The lowest BCUT2D eigenvalue weighted by molar-refractivity contribution is 0.291. The summed E-state index contributed by atoms with van der Waals surface area (Å²) >= 11 is 0. The molecule has 50 heavy (non-hydrogen) atoms. The van der Waals surface area contributed by atoms with Crippen molar-refractivity contribution in [2.24, 2.45) is 20.5 Å². The third kappa shape index (κ3) is 9.91. The molecule has 3 aliphatic rings. The molecule has 0 heterocycles. The van der Waals surface area contributed by atoms with Crippen LogP contribution in [0, 0.1) is 6.92 Å². The largest absolute Gasteiger partial charge is 0.505 e. The fourth-order valence-electron chi connectivity index (χ4n) is 6.61. The van der Waals surface area contributed by atoms with Gasteiger partial charge in [0.2, 0.25) is 0 Å². The number of fused-ring (bicyclic) bond motifs is 1. The van der Waals surface area contributed by atoms with E-state index in [1.165, 1.54) is 70.3 Å². The SMILES string of the molecule is C1CCC(NC2CCCCC2)CC1.CC1=CC(N=Nc2ccccc2C)CC=C1N=Nc1c(S(=O)(=O)O)cc2cc(S(=O)(=O)O)ccc2c1O. The predicted molar refractivity (Wildman–Crippen MR) is 193 cm³/mol. The van der Waals surface area contributed by atoms with Gasteiger partial charge in [-0.15, -0.1) is 5.11 Å². The van der Waals surface area contributed by atoms with Crippen molar-refractivity contribution < 1.29 is 31.0 Å². The molecule has 3 aliphatic carbocycles. The molecule has 3 aromatic rings. The molecule has 0 aromatic heterocycles. The fourth-order valence-corrected chi connectivity index (χ4v) is 7.78. The van der Waals surface area contributed by atoms with Gasteiger partial charge in [-0.2, -0.15) is 32.2 Å². The second-order valence-electron chi connectivity index (χ2n) is 13.2. The van der Waals surface area contributed by atoms with Gasteiger partial charge in [-0.25, -0.2) is 0 Å². The maximum absolute atomic E-state index is 12.0. The maximum Gasteiger partial charge on any atom is 0.296 e. The average molecular weight is 724 g/mol. The van der Waals surface area contributed by atoms with E-state index < -0.39 is 41.5 Å². The molecule has 0 bridgehead atoms. The van der Waals surface area contributed by atoms with Gasteiger partial charge in [-0.1, -0.05) is 68.9 Å². The number of phenolic OH excluding ortho intramolecular Hbond substituents is 1. The van der Waals surface area contributed by atoms with Crippen molar-refractivity contribution in [3.8, 4) is 5.75 Å². The van der Waals surface area contributed by atoms with Crippen molar-refractivity contribution in [2.75, 3.05) is 0 Å². The van der Waals surface area contributed by atoms with Crippen LogP contribution in [0.2, 0.25) is 0 Å². The molecule has 0 spiro atoms. The second kappa shape index (κ2) is 16.5. The minimum absolute atomic E-state index is 0.0373. The van der Waals surface area contributed by atoms with Crippen LogP contribution in [0.15, 0.2) is 102 Å². The predicted octanol–water partition coefficient (Wildman–Crippen LogP) is 9.06. The maximum atomic E-state index is 12.0. The highest BCUT2D eigenvalue weighted by Gasteiger charge is 2.24. The van der Waals surface area contributed by atoms with Gasteiger partial charge < -0.3 is 10.4 Å². The average Bonchev–Trinajstić information content (AvgIpc) is 3.08. The van der Waals surface area contributed by atoms with Crippen LogP contribution in [-0.4, -0.2) is 49.2 Å². The highest BCUT2D eigenvalue weighted by Crippen LogP contribution is 2.42. The van der Waals surface area contributed by atoms with Gasteiger partial charge in [0.25, 0.3) is 20.2 Å². The minimum atomic E-state index is -4.90. The van der Waals surface area contributed by atoms with E-state index in [0.717, 1.165) is 41.5 Å². The number of nitrogens with one attached hydrogen (secondary N) is 1. The molecule has 14 heteroatoms. The van der Waals surface area contributed by atoms with E-state index in [1.54, 1.807) is 13.0 Å². The number of nitrogens with zero attached hydrogens (tertiary/aromatic N) is 4. The first kappa shape index (κ1) is 37.4. The van der Waals surface area contributed by atoms with Crippen LogP contribution in [0.1, 0.15) is 83.1 Å². The van der Waals surface area contributed by atoms with E-state index in [0.29, 0.717) is 17.7 Å². The van der Waals surface area contributed by atoms with Crippen LogP contribution in [0.25, 0.3) is 10.8 Å². The lowest BCUT2D eigenvalue weighted by atomic mass is 9.91. The Hall–Kier alpha value is -3.82. The molecule has 0 saturated heterocycles. The zero-order valence-corrected chi connectivity index (χ0v) is 30.0. The molecule has 3 aromatic carbocycles. The van der Waals surface area contributed by atoms with Gasteiger partial charge in [0.15, 0.2) is 5.75 Å². The molecule has 0 aliphatic heterocycles. The van der Waals surface area contributed by atoms with E-state index in [9.17, 15) is 31.0 Å². The third-order valence-electron chi connectivity index (χ3n) is 9.37. The van der Waals surface area contributed by atoms with Crippen LogP contribution in [0.4, 0.5) is 11.4 Å². The Labute approximate surface area is 294 Å². The van der Waals surface area contributed by atoms with Crippen molar-refractivity contribution >= 4 is 42.4 Å². The van der Waals surface area contributed by atoms with E-state index in [1.807, 2.05) is 37.3 Å². The van der Waals surface area contributed by atoms with Gasteiger partial charge in [0.1, 0.15) is 10.6 Å². The molecule has 1 unspecified atom stereocenters. The molecular weight excluding hydrogens is 679 g/mol. The summed E-state index contributed by atoms with van der Waals surface area (Å²) in [5, 5.41) is 31.2. The number of aryl methyl sites for hydroxylation is 1. The Morgan fingerprint density at radius 3 is 1.98 bits per heavy atom. The molecule has 0 radical (unpaired) electrons. The summed E-state index contributed by atoms with van der Waals surface area (Å²) in [6.45, 7) is 3.70. The summed E-state index contributed by atoms with van der Waals surface area (Å²) in [5.74, 6) is -0.640. The van der Waals surface area contributed by atoms with E-state index in [2.05, 4.69) is 25.8 Å². The van der Waals surface area contributed by atoms with Crippen molar-refractivity contribution in [3.05, 3.63) is 77.5 Å². The van der Waals surface area contributed by atoms with Crippen LogP contribution in [-0.2, 0) is 20.2 Å². The van der Waals surface area contributed by atoms with Gasteiger partial charge in [-0.05, 0) is 92.8 Å². The summed E-state index contributed by atoms with van der Waals surface area (Å²) in [6, 6.07) is 13.2. The van der Waals surface area contributed by atoms with Gasteiger partial charge in [0, 0.05) is 17.5 Å². The number of allylic oxidation sites excluding steroid dienone is 1. The first-order valence-electron chi connectivity index (χ1n) is 17.1. The second-order valence-corrected chi connectivity index (χ2v) is 16.0. The number of hydrogen-bond donors (Lipinski definition) is 4. The van der Waals surface area contributed by atoms with Crippen molar-refractivity contribution in [1.29, 1.82) is 0 Å². The molecular formula is C36H45N5O7S2. The number of phenols is 1. The summed E-state index contributed by atoms with van der Waals surface area (Å²) in [7, 11) is -9.48. The number of rotatable bonds is 8. The highest BCUT2D eigenvalue weighted by atomic mass is 32.2. The fraction of sp³-hybridized carbons (Fsp3) is 0.444. The lowest BCUT2D eigenvalue weighted by Gasteiger charge is -2.30. The Morgan fingerprint density at radius 2 is 1.40 bits per heavy atom. The first-order valence-corrected chi connectivity index (χ1v) is 20.0. The Balaban J connectivity index is 0.000000311. The summed E-state index contributed by atoms with van der Waals surface area (Å²) in [5.41, 5.74) is 2.33. The highest BCUT2D eigenvalue weighted by molar-refractivity contribution is 7.86. The van der Waals surface area contributed by atoms with E-state index >= 15 is 0 Å². The topological polar surface area (TPSA) is 190 Å². The number of azo groups is 2. The molecule has 0 amide bonds. The molecule has 4 N–H and O–H groups in total. The van der Waals surface area contributed by atoms with Crippen LogP contribution >= 0.6 is 0 Å². The van der Waals surface area contributed by atoms with Crippen LogP contribution < -0.4 is 5.32 Å². The van der Waals surface area contributed by atoms with Crippen molar-refractivity contribution in [1.82, 2.24) is 5.32 Å². The molecule has 1 atom stereocenters. The minimum Gasteiger partial charge on any atom is -0.505 e. The van der Waals surface area contributed by atoms with Crippen LogP contribution in [0.5, 0.6) is 5.75 Å². The Kier molecular flexibility index (Phi) is 12.3. The molecule has 12 nitrogen and oxygen atoms in total. The van der Waals surface area contributed by atoms with Crippen LogP contribution in [0.3, 0.4) is 0 Å². The van der Waals surface area contributed by atoms with Gasteiger partial charge >= 0.3 is 0 Å². The number of hydrogen-bond acceptors (Lipinski definition) is 10. The number of aromatic hydroxyl groups is 1. The van der Waals surface area contributed by atoms with Gasteiger partial charge in [-0.3, -0.25) is 9.11 Å². The van der Waals surface area contributed by atoms with Gasteiger partial charge in [0.05, 0.1) is 22.3 Å². The normalized spacial score (nSPS) is 19.7. The quantitative estimate of drug-likeness (QED) is 0.131. The molecule has 2 fully saturated rings. The lowest BCUT2D eigenvalue weighted by Crippen LogP contribution is -2.40. The molecule has 6 rings (SSSR count). The zero-order chi connectivity index (χ0) is 35.9. The van der Waals surface area contributed by atoms with E-state index in [-0.39, 0.29) is 16.8 Å². The summed E-state index contributed by atoms with van der Waals surface area (Å²) in [6.07, 6.45) is 18.6. The first-order chi connectivity index (χ1) is 23.8. The number of benzene rings is 3. The third-order valence-corrected chi connectivity index (χ3v) is 11.1. The van der Waals surface area contributed by atoms with Crippen molar-refractivity contribution in [3.63, 3.8) is 0 Å². The Morgan fingerprint density at radius 1 is 0.760 bits per heavy atom. The molecule has 268 valence electrons. The monoisotopic (exact) mass is 723 g/mol. The molecule has 2 saturated carbocycles. The summed E-state index contributed by atoms with van der Waals surface area (Å²) in [4.78, 5) is -1.30. The smallest absolute Gasteiger partial charge is 0.296 e. The standard InChI is InChI=1S/C24H22N4O7S2.C12H23N/c1-14-5-3-4-6-20(14)26-25-17-7-10-21(15(2)11-17)27-28-23-22(37(33,34)35)13-16-12-18(36(30,31)32)8-9-19(16)24(23)29;1-3-7-11(8-4-1)13-12-9-5-2-6-10-12/h3-6,8-13,17,29H,7H2,1-2H3,(H,30,31,32)(H,33,34,35);11-13H,1-10H2. The Bertz CT molecular complexity index is 2010. The summed E-state index contributed by atoms with van der Waals surface area (Å²) < 4.78 is 65.9. The van der Waals surface area contributed by atoms with Crippen molar-refractivity contribution in [2.45, 2.75) is 112 Å². The zero-order valence-electron chi connectivity index (χ0n) is 28.4.